The van der Waals surface area contributed by atoms with Crippen molar-refractivity contribution in [3.05, 3.63) is 29.6 Å². The van der Waals surface area contributed by atoms with E-state index in [4.69, 9.17) is 10.2 Å². The van der Waals surface area contributed by atoms with Crippen LogP contribution in [0.1, 0.15) is 0 Å². The third kappa shape index (κ3) is 3.24. The third-order valence-electron chi connectivity index (χ3n) is 2.32. The molecule has 0 bridgehead atoms. The normalized spacial score (nSPS) is 12.1. The molecule has 2 N–H and O–H groups in total. The minimum Gasteiger partial charge on any atom is -0.395 e. The summed E-state index contributed by atoms with van der Waals surface area (Å²) in [4.78, 5) is -1.05. The van der Waals surface area contributed by atoms with Gasteiger partial charge in [0.25, 0.3) is 0 Å². The lowest BCUT2D eigenvalue weighted by atomic mass is 10.3. The molecular weight excluding hydrogens is 287 g/mol. The molecule has 0 radical (unpaired) electrons. The lowest BCUT2D eigenvalue weighted by molar-refractivity contribution is 0.217. The maximum absolute atomic E-state index is 13.5. The lowest BCUT2D eigenvalue weighted by Crippen LogP contribution is -2.36. The molecule has 0 aromatic heterocycles. The minimum atomic E-state index is -4.46. The van der Waals surface area contributed by atoms with E-state index in [1.807, 2.05) is 0 Å². The van der Waals surface area contributed by atoms with Gasteiger partial charge in [-0.05, 0) is 12.1 Å². The van der Waals surface area contributed by atoms with Gasteiger partial charge in [-0.25, -0.2) is 21.6 Å². The molecule has 19 heavy (non-hydrogen) atoms. The summed E-state index contributed by atoms with van der Waals surface area (Å²) in [6.07, 6.45) is 0. The van der Waals surface area contributed by atoms with Crippen LogP contribution in [0.5, 0.6) is 0 Å². The number of halogens is 3. The Hall–Kier alpha value is -1.16. The number of sulfonamides is 1. The van der Waals surface area contributed by atoms with Crippen molar-refractivity contribution in [2.75, 3.05) is 26.3 Å². The van der Waals surface area contributed by atoms with Gasteiger partial charge in [-0.3, -0.25) is 0 Å². The zero-order valence-corrected chi connectivity index (χ0v) is 10.5. The highest BCUT2D eigenvalue weighted by atomic mass is 32.2. The molecule has 0 fully saturated rings. The van der Waals surface area contributed by atoms with Gasteiger partial charge in [0.05, 0.1) is 13.2 Å². The van der Waals surface area contributed by atoms with E-state index in [1.54, 1.807) is 0 Å². The lowest BCUT2D eigenvalue weighted by Gasteiger charge is -2.20. The van der Waals surface area contributed by atoms with E-state index in [9.17, 15) is 21.6 Å². The van der Waals surface area contributed by atoms with Gasteiger partial charge in [0.15, 0.2) is 17.5 Å². The Morgan fingerprint density at radius 1 is 1.00 bits per heavy atom. The molecule has 0 atom stereocenters. The molecule has 0 saturated carbocycles. The van der Waals surface area contributed by atoms with E-state index in [1.165, 1.54) is 0 Å². The molecule has 0 amide bonds. The third-order valence-corrected chi connectivity index (χ3v) is 4.23. The van der Waals surface area contributed by atoms with Crippen LogP contribution in [0.15, 0.2) is 17.0 Å². The van der Waals surface area contributed by atoms with Gasteiger partial charge in [0.2, 0.25) is 10.0 Å². The Morgan fingerprint density at radius 3 is 2.00 bits per heavy atom. The van der Waals surface area contributed by atoms with Gasteiger partial charge >= 0.3 is 0 Å². The van der Waals surface area contributed by atoms with Crippen molar-refractivity contribution in [2.45, 2.75) is 4.90 Å². The predicted molar refractivity (Wildman–Crippen MR) is 59.2 cm³/mol. The van der Waals surface area contributed by atoms with Crippen molar-refractivity contribution in [2.24, 2.45) is 0 Å². The van der Waals surface area contributed by atoms with Crippen LogP contribution in [0.2, 0.25) is 0 Å². The summed E-state index contributed by atoms with van der Waals surface area (Å²) in [6, 6.07) is 1.08. The maximum Gasteiger partial charge on any atom is 0.246 e. The fraction of sp³-hybridized carbons (Fsp3) is 0.400. The standard InChI is InChI=1S/C10H12F3NO4S/c11-7-1-2-8(10(13)9(7)12)19(17,18)14(3-5-15)4-6-16/h1-2,15-16H,3-6H2. The van der Waals surface area contributed by atoms with E-state index in [2.05, 4.69) is 0 Å². The zero-order chi connectivity index (χ0) is 14.6. The van der Waals surface area contributed by atoms with Crippen LogP contribution < -0.4 is 0 Å². The summed E-state index contributed by atoms with van der Waals surface area (Å²) in [6.45, 7) is -1.93. The minimum absolute atomic E-state index is 0.401. The monoisotopic (exact) mass is 299 g/mol. The molecule has 0 aliphatic rings. The molecule has 108 valence electrons. The molecule has 9 heteroatoms. The molecule has 0 aliphatic heterocycles. The SMILES string of the molecule is O=S(=O)(c1ccc(F)c(F)c1F)N(CCO)CCO. The number of aliphatic hydroxyl groups is 2. The van der Waals surface area contributed by atoms with E-state index < -0.39 is 58.7 Å². The number of aliphatic hydroxyl groups excluding tert-OH is 2. The van der Waals surface area contributed by atoms with Crippen LogP contribution in [-0.4, -0.2) is 49.2 Å². The summed E-state index contributed by atoms with van der Waals surface area (Å²) in [5, 5.41) is 17.5. The number of hydrogen-bond acceptors (Lipinski definition) is 4. The molecule has 0 spiro atoms. The molecule has 1 rings (SSSR count). The van der Waals surface area contributed by atoms with Crippen molar-refractivity contribution in [1.82, 2.24) is 4.31 Å². The van der Waals surface area contributed by atoms with Gasteiger partial charge in [0.1, 0.15) is 4.90 Å². The first-order valence-corrected chi connectivity index (χ1v) is 6.65. The topological polar surface area (TPSA) is 77.8 Å². The van der Waals surface area contributed by atoms with Crippen LogP contribution in [0, 0.1) is 17.5 Å². The number of rotatable bonds is 6. The quantitative estimate of drug-likeness (QED) is 0.729. The molecular formula is C10H12F3NO4S. The Bertz CT molecular complexity index is 544. The van der Waals surface area contributed by atoms with Crippen molar-refractivity contribution >= 4 is 10.0 Å². The molecule has 1 aromatic carbocycles. The van der Waals surface area contributed by atoms with Gasteiger partial charge < -0.3 is 10.2 Å². The van der Waals surface area contributed by atoms with Gasteiger partial charge in [-0.2, -0.15) is 4.31 Å². The van der Waals surface area contributed by atoms with Crippen molar-refractivity contribution in [1.29, 1.82) is 0 Å². The molecule has 0 heterocycles. The molecule has 1 aromatic rings. The average Bonchev–Trinajstić information content (AvgIpc) is 2.35. The van der Waals surface area contributed by atoms with E-state index in [0.717, 1.165) is 0 Å². The highest BCUT2D eigenvalue weighted by Gasteiger charge is 2.29. The smallest absolute Gasteiger partial charge is 0.246 e. The highest BCUT2D eigenvalue weighted by Crippen LogP contribution is 2.22. The summed E-state index contributed by atoms with van der Waals surface area (Å²) < 4.78 is 63.7. The fourth-order valence-electron chi connectivity index (χ4n) is 1.42. The van der Waals surface area contributed by atoms with E-state index in [0.29, 0.717) is 16.4 Å². The average molecular weight is 299 g/mol. The summed E-state index contributed by atoms with van der Waals surface area (Å²) >= 11 is 0. The predicted octanol–water partition coefficient (Wildman–Crippen LogP) is 0.0792. The van der Waals surface area contributed by atoms with Crippen LogP contribution in [0.4, 0.5) is 13.2 Å². The Balaban J connectivity index is 3.29. The van der Waals surface area contributed by atoms with E-state index in [-0.39, 0.29) is 0 Å². The second kappa shape index (κ2) is 6.33. The van der Waals surface area contributed by atoms with Crippen molar-refractivity contribution in [3.8, 4) is 0 Å². The molecule has 0 aliphatic carbocycles. The van der Waals surface area contributed by atoms with Crippen LogP contribution in [0.25, 0.3) is 0 Å². The van der Waals surface area contributed by atoms with Crippen LogP contribution >= 0.6 is 0 Å². The number of nitrogens with zero attached hydrogens (tertiary/aromatic N) is 1. The first-order valence-electron chi connectivity index (χ1n) is 5.21. The summed E-state index contributed by atoms with van der Waals surface area (Å²) in [5.41, 5.74) is 0. The first kappa shape index (κ1) is 15.9. The van der Waals surface area contributed by atoms with Gasteiger partial charge in [-0.15, -0.1) is 0 Å². The van der Waals surface area contributed by atoms with Crippen LogP contribution in [-0.2, 0) is 10.0 Å². The Kier molecular flexibility index (Phi) is 5.29. The second-order valence-corrected chi connectivity index (χ2v) is 5.43. The van der Waals surface area contributed by atoms with E-state index >= 15 is 0 Å². The Morgan fingerprint density at radius 2 is 1.53 bits per heavy atom. The zero-order valence-electron chi connectivity index (χ0n) is 9.68. The van der Waals surface area contributed by atoms with Crippen LogP contribution in [0.3, 0.4) is 0 Å². The summed E-state index contributed by atoms with van der Waals surface area (Å²) in [7, 11) is -4.46. The van der Waals surface area contributed by atoms with Gasteiger partial charge in [0, 0.05) is 13.1 Å². The number of benzene rings is 1. The number of hydrogen-bond donors (Lipinski definition) is 2. The van der Waals surface area contributed by atoms with Crippen molar-refractivity contribution < 1.29 is 31.8 Å². The second-order valence-electron chi connectivity index (χ2n) is 3.52. The molecule has 0 unspecified atom stereocenters. The molecule has 5 nitrogen and oxygen atoms in total. The molecule has 0 saturated heterocycles. The fourth-order valence-corrected chi connectivity index (χ4v) is 2.90. The summed E-state index contributed by atoms with van der Waals surface area (Å²) in [5.74, 6) is -5.23. The van der Waals surface area contributed by atoms with Crippen molar-refractivity contribution in [3.63, 3.8) is 0 Å². The maximum atomic E-state index is 13.5. The first-order chi connectivity index (χ1) is 8.86. The largest absolute Gasteiger partial charge is 0.395 e. The highest BCUT2D eigenvalue weighted by molar-refractivity contribution is 7.89. The van der Waals surface area contributed by atoms with Gasteiger partial charge in [-0.1, -0.05) is 0 Å². The Labute approximate surface area is 107 Å².